The number of aliphatic hydroxyl groups excluding tert-OH is 2. The van der Waals surface area contributed by atoms with Crippen LogP contribution in [-0.2, 0) is 44.8 Å². The molecule has 0 aliphatic carbocycles. The zero-order valence-corrected chi connectivity index (χ0v) is 23.6. The average Bonchev–Trinajstić information content (AvgIpc) is 2.96. The van der Waals surface area contributed by atoms with E-state index < -0.39 is 17.3 Å². The zero-order chi connectivity index (χ0) is 27.8. The summed E-state index contributed by atoms with van der Waals surface area (Å²) in [7, 11) is 0. The molecule has 40 heavy (non-hydrogen) atoms. The fraction of sp³-hybridized carbons (Fsp3) is 0.0714. The largest absolute Gasteiger partial charge is 1.00 e. The van der Waals surface area contributed by atoms with Crippen LogP contribution in [0, 0.1) is 15.3 Å². The van der Waals surface area contributed by atoms with Crippen molar-refractivity contribution in [2.24, 2.45) is 10.3 Å². The molecule has 0 spiro atoms. The molecule has 12 heteroatoms. The molecule has 4 aromatic rings. The second-order valence-corrected chi connectivity index (χ2v) is 7.55. The third-order valence-corrected chi connectivity index (χ3v) is 5.10. The fourth-order valence-electron chi connectivity index (χ4n) is 3.34. The van der Waals surface area contributed by atoms with Gasteiger partial charge in [0.2, 0.25) is 0 Å². The molecule has 216 valence electrons. The quantitative estimate of drug-likeness (QED) is 0.0714. The maximum atomic E-state index is 10.1. The fourth-order valence-corrected chi connectivity index (χ4v) is 3.34. The molecule has 0 aliphatic heterocycles. The van der Waals surface area contributed by atoms with Crippen LogP contribution in [0.2, 0.25) is 0 Å². The predicted molar refractivity (Wildman–Crippen MR) is 143 cm³/mol. The van der Waals surface area contributed by atoms with Crippen molar-refractivity contribution >= 4 is 11.4 Å². The van der Waals surface area contributed by atoms with Crippen molar-refractivity contribution in [1.29, 1.82) is 0 Å². The molecular weight excluding hydrogens is 706 g/mol. The molecule has 10 nitrogen and oxygen atoms in total. The van der Waals surface area contributed by atoms with Crippen LogP contribution in [-0.4, -0.2) is 37.1 Å². The number of nitrogens with zero attached hydrogens (tertiary/aromatic N) is 3. The zero-order valence-electron chi connectivity index (χ0n) is 20.7. The molecule has 0 amide bonds. The molecule has 0 fully saturated rings. The van der Waals surface area contributed by atoms with E-state index >= 15 is 0 Å². The predicted octanol–water partition coefficient (Wildman–Crippen LogP) is 4.95. The number of benzene rings is 4. The Hall–Kier alpha value is -3.58. The topological polar surface area (TPSA) is 172 Å². The number of aliphatic hydroxyl groups is 2. The van der Waals surface area contributed by atoms with Gasteiger partial charge in [-0.1, -0.05) is 132 Å². The van der Waals surface area contributed by atoms with Gasteiger partial charge >= 0.3 is 44.8 Å². The molecule has 2 atom stereocenters. The summed E-state index contributed by atoms with van der Waals surface area (Å²) >= 11 is 0. The summed E-state index contributed by atoms with van der Waals surface area (Å²) in [5.74, 6) is 0. The Kier molecular flexibility index (Phi) is 18.5. The molecule has 0 saturated heterocycles. The summed E-state index contributed by atoms with van der Waals surface area (Å²) in [4.78, 5) is 8.25. The summed E-state index contributed by atoms with van der Waals surface area (Å²) in [5.41, 5.74) is 3.29. The van der Waals surface area contributed by atoms with Crippen molar-refractivity contribution in [3.8, 4) is 0 Å². The Bertz CT molecular complexity index is 1200. The first-order valence-corrected chi connectivity index (χ1v) is 11.2. The monoisotopic (exact) mass is 730 g/mol. The van der Waals surface area contributed by atoms with Gasteiger partial charge in [-0.25, -0.2) is 0 Å². The third kappa shape index (κ3) is 12.1. The van der Waals surface area contributed by atoms with Crippen molar-refractivity contribution in [2.45, 2.75) is 12.2 Å². The van der Waals surface area contributed by atoms with E-state index in [0.29, 0.717) is 22.3 Å². The first-order chi connectivity index (χ1) is 18.4. The van der Waals surface area contributed by atoms with E-state index in [2.05, 4.69) is 10.3 Å². The Morgan fingerprint density at radius 1 is 0.550 bits per heavy atom. The Balaban J connectivity index is 0.000000643. The van der Waals surface area contributed by atoms with Crippen LogP contribution in [0.25, 0.3) is 0 Å². The minimum absolute atomic E-state index is 0. The van der Waals surface area contributed by atoms with Crippen LogP contribution >= 0.6 is 0 Å². The van der Waals surface area contributed by atoms with E-state index in [1.54, 1.807) is 48.5 Å². The molecule has 0 aromatic heterocycles. The van der Waals surface area contributed by atoms with Crippen molar-refractivity contribution in [3.63, 3.8) is 0 Å². The van der Waals surface area contributed by atoms with E-state index in [1.807, 2.05) is 72.8 Å². The van der Waals surface area contributed by atoms with Gasteiger partial charge in [-0.3, -0.25) is 0 Å². The first-order valence-electron chi connectivity index (χ1n) is 11.2. The second-order valence-electron chi connectivity index (χ2n) is 7.55. The Labute approximate surface area is 262 Å². The van der Waals surface area contributed by atoms with Crippen LogP contribution in [0.4, 0.5) is 0 Å². The molecular formula is C28H26Ag2N3O7+. The summed E-state index contributed by atoms with van der Waals surface area (Å²) in [6.45, 7) is 0. The number of rotatable bonds is 6. The summed E-state index contributed by atoms with van der Waals surface area (Å²) in [6.07, 6.45) is -1.85. The third-order valence-electron chi connectivity index (χ3n) is 5.10. The number of hydrogen-bond acceptors (Lipinski definition) is 9. The Morgan fingerprint density at radius 3 is 1.00 bits per heavy atom. The number of hydrogen-bond donors (Lipinski definition) is 4. The van der Waals surface area contributed by atoms with Crippen molar-refractivity contribution in [3.05, 3.63) is 159 Å². The van der Waals surface area contributed by atoms with E-state index in [-0.39, 0.29) is 56.2 Å². The van der Waals surface area contributed by atoms with Gasteiger partial charge in [0, 0.05) is 11.1 Å². The van der Waals surface area contributed by atoms with Crippen LogP contribution in [0.3, 0.4) is 0 Å². The van der Waals surface area contributed by atoms with Crippen molar-refractivity contribution < 1.29 is 70.5 Å². The summed E-state index contributed by atoms with van der Waals surface area (Å²) in [5, 5.41) is 59.5. The maximum absolute atomic E-state index is 10.1. The number of oxime groups is 2. The van der Waals surface area contributed by atoms with Crippen LogP contribution < -0.4 is 0 Å². The van der Waals surface area contributed by atoms with Crippen LogP contribution in [0.1, 0.15) is 34.5 Å². The van der Waals surface area contributed by atoms with Crippen LogP contribution in [0.15, 0.2) is 132 Å². The molecule has 0 radical (unpaired) electrons. The van der Waals surface area contributed by atoms with Gasteiger partial charge in [-0.05, 0) is 11.1 Å². The normalized spacial score (nSPS) is 11.9. The standard InChI is InChI=1S/2C14H13NO2.2Ag.NO3/c2*16-14(12-9-5-2-6-10-12)13(15-17)11-7-3-1-4-8-11;;;2-1(3)4/h2*1-10,14,16-17H;;;/q;;2*+1;-1. The summed E-state index contributed by atoms with van der Waals surface area (Å²) < 4.78 is 0. The van der Waals surface area contributed by atoms with Gasteiger partial charge in [0.05, 0.1) is 5.09 Å². The molecule has 2 unspecified atom stereocenters. The van der Waals surface area contributed by atoms with Gasteiger partial charge < -0.3 is 35.9 Å². The SMILES string of the molecule is O=[N+]([O-])[O-].ON=C(c1ccccc1)C(O)c1ccccc1.ON=C(c1ccccc1)C(O)c1ccccc1.[Ag+].[Ag+]. The molecule has 0 heterocycles. The van der Waals surface area contributed by atoms with Gasteiger partial charge in [-0.15, -0.1) is 0 Å². The van der Waals surface area contributed by atoms with Gasteiger partial charge in [0.25, 0.3) is 0 Å². The van der Waals surface area contributed by atoms with Crippen molar-refractivity contribution in [1.82, 2.24) is 0 Å². The minimum atomic E-state index is -1.75. The van der Waals surface area contributed by atoms with Gasteiger partial charge in [0.15, 0.2) is 0 Å². The molecule has 4 aromatic carbocycles. The average molecular weight is 732 g/mol. The molecule has 0 saturated carbocycles. The van der Waals surface area contributed by atoms with Crippen LogP contribution in [0.5, 0.6) is 0 Å². The summed E-state index contributed by atoms with van der Waals surface area (Å²) in [6, 6.07) is 36.5. The van der Waals surface area contributed by atoms with E-state index in [0.717, 1.165) is 0 Å². The molecule has 4 N–H and O–H groups in total. The van der Waals surface area contributed by atoms with Gasteiger partial charge in [0.1, 0.15) is 23.6 Å². The smallest absolute Gasteiger partial charge is 0.411 e. The van der Waals surface area contributed by atoms with E-state index in [9.17, 15) is 10.2 Å². The van der Waals surface area contributed by atoms with Gasteiger partial charge in [-0.2, -0.15) is 0 Å². The second kappa shape index (κ2) is 20.3. The Morgan fingerprint density at radius 2 is 0.775 bits per heavy atom. The first kappa shape index (κ1) is 36.4. The van der Waals surface area contributed by atoms with Crippen molar-refractivity contribution in [2.75, 3.05) is 0 Å². The van der Waals surface area contributed by atoms with E-state index in [4.69, 9.17) is 25.7 Å². The molecule has 0 aliphatic rings. The minimum Gasteiger partial charge on any atom is -0.411 e. The maximum Gasteiger partial charge on any atom is 1.00 e. The molecule has 0 bridgehead atoms. The molecule has 4 rings (SSSR count). The van der Waals surface area contributed by atoms with E-state index in [1.165, 1.54) is 0 Å².